The summed E-state index contributed by atoms with van der Waals surface area (Å²) >= 11 is 0. The van der Waals surface area contributed by atoms with Crippen molar-refractivity contribution < 1.29 is 4.79 Å². The van der Waals surface area contributed by atoms with E-state index < -0.39 is 0 Å². The zero-order chi connectivity index (χ0) is 15.5. The first-order valence-corrected chi connectivity index (χ1v) is 7.01. The first-order chi connectivity index (χ1) is 9.12. The van der Waals surface area contributed by atoms with Gasteiger partial charge in [-0.1, -0.05) is 20.8 Å². The third-order valence-corrected chi connectivity index (χ3v) is 4.03. The molecule has 4 nitrogen and oxygen atoms in total. The molecule has 1 amide bonds. The average Bonchev–Trinajstić information content (AvgIpc) is 2.37. The summed E-state index contributed by atoms with van der Waals surface area (Å²) in [5.41, 5.74) is 7.22. The number of nitrogens with one attached hydrogen (secondary N) is 1. The number of rotatable bonds is 4. The summed E-state index contributed by atoms with van der Waals surface area (Å²) in [6.07, 6.45) is 0. The molecule has 4 heteroatoms. The van der Waals surface area contributed by atoms with Crippen LogP contribution in [0.1, 0.15) is 34.6 Å². The van der Waals surface area contributed by atoms with Crippen molar-refractivity contribution in [2.24, 2.45) is 5.41 Å². The molecule has 3 N–H and O–H groups in total. The molecule has 112 valence electrons. The van der Waals surface area contributed by atoms with Gasteiger partial charge in [-0.05, 0) is 50.6 Å². The molecule has 0 aliphatic carbocycles. The third kappa shape index (κ3) is 4.23. The van der Waals surface area contributed by atoms with Gasteiger partial charge in [0.15, 0.2) is 0 Å². The Morgan fingerprint density at radius 3 is 2.15 bits per heavy atom. The van der Waals surface area contributed by atoms with Gasteiger partial charge in [0.1, 0.15) is 0 Å². The number of carbonyl (C=O) groups is 1. The molecule has 0 fully saturated rings. The lowest BCUT2D eigenvalue weighted by Gasteiger charge is -2.38. The van der Waals surface area contributed by atoms with Gasteiger partial charge < -0.3 is 11.1 Å². The molecule has 0 saturated carbocycles. The molecular weight excluding hydrogens is 250 g/mol. The molecule has 0 aromatic heterocycles. The molecular formula is C16H27N3O. The van der Waals surface area contributed by atoms with Crippen LogP contribution in [0.5, 0.6) is 0 Å². The second-order valence-corrected chi connectivity index (χ2v) is 6.49. The quantitative estimate of drug-likeness (QED) is 0.832. The number of hydrogen-bond donors (Lipinski definition) is 2. The van der Waals surface area contributed by atoms with E-state index in [4.69, 9.17) is 5.73 Å². The number of benzene rings is 1. The summed E-state index contributed by atoms with van der Waals surface area (Å²) in [6, 6.07) is 7.29. The fourth-order valence-electron chi connectivity index (χ4n) is 1.94. The van der Waals surface area contributed by atoms with E-state index in [1.54, 1.807) is 12.1 Å². The van der Waals surface area contributed by atoms with Gasteiger partial charge >= 0.3 is 0 Å². The van der Waals surface area contributed by atoms with Gasteiger partial charge in [0.25, 0.3) is 0 Å². The van der Waals surface area contributed by atoms with E-state index in [2.05, 4.69) is 37.9 Å². The lowest BCUT2D eigenvalue weighted by molar-refractivity contribution is -0.121. The summed E-state index contributed by atoms with van der Waals surface area (Å²) in [5, 5.41) is 2.92. The van der Waals surface area contributed by atoms with Gasteiger partial charge in [-0.3, -0.25) is 9.69 Å². The summed E-state index contributed by atoms with van der Waals surface area (Å²) in [4.78, 5) is 14.4. The largest absolute Gasteiger partial charge is 0.399 e. The number of anilines is 2. The van der Waals surface area contributed by atoms with Crippen LogP contribution in [0.4, 0.5) is 11.4 Å². The standard InChI is InChI=1S/C16H27N3O/c1-11(19(6)12(2)16(3,4)5)15(20)18-14-9-7-13(17)8-10-14/h7-12H,17H2,1-6H3,(H,18,20). The predicted molar refractivity (Wildman–Crippen MR) is 85.6 cm³/mol. The van der Waals surface area contributed by atoms with Crippen molar-refractivity contribution in [3.05, 3.63) is 24.3 Å². The van der Waals surface area contributed by atoms with E-state index in [1.807, 2.05) is 26.1 Å². The molecule has 2 unspecified atom stereocenters. The molecule has 1 rings (SSSR count). The number of carbonyl (C=O) groups excluding carboxylic acids is 1. The average molecular weight is 277 g/mol. The molecule has 20 heavy (non-hydrogen) atoms. The monoisotopic (exact) mass is 277 g/mol. The number of likely N-dealkylation sites (N-methyl/N-ethyl adjacent to an activating group) is 1. The smallest absolute Gasteiger partial charge is 0.241 e. The number of nitrogen functional groups attached to an aromatic ring is 1. The maximum Gasteiger partial charge on any atom is 0.241 e. The molecule has 2 atom stereocenters. The van der Waals surface area contributed by atoms with Crippen molar-refractivity contribution in [1.29, 1.82) is 0 Å². The van der Waals surface area contributed by atoms with E-state index >= 15 is 0 Å². The Morgan fingerprint density at radius 2 is 1.70 bits per heavy atom. The van der Waals surface area contributed by atoms with Crippen LogP contribution in [0.2, 0.25) is 0 Å². The summed E-state index contributed by atoms with van der Waals surface area (Å²) in [5.74, 6) is -0.00614. The summed E-state index contributed by atoms with van der Waals surface area (Å²) < 4.78 is 0. The minimum absolute atomic E-state index is 0.00614. The minimum Gasteiger partial charge on any atom is -0.399 e. The van der Waals surface area contributed by atoms with Crippen LogP contribution in [0.25, 0.3) is 0 Å². The van der Waals surface area contributed by atoms with Crippen LogP contribution in [-0.4, -0.2) is 29.9 Å². The molecule has 1 aromatic carbocycles. The Bertz CT molecular complexity index is 448. The van der Waals surface area contributed by atoms with Crippen LogP contribution >= 0.6 is 0 Å². The van der Waals surface area contributed by atoms with Crippen molar-refractivity contribution in [3.8, 4) is 0 Å². The topological polar surface area (TPSA) is 58.4 Å². The molecule has 0 aliphatic heterocycles. The normalized spacial score (nSPS) is 14.9. The number of hydrogen-bond acceptors (Lipinski definition) is 3. The maximum atomic E-state index is 12.3. The Labute approximate surface area is 122 Å². The molecule has 0 radical (unpaired) electrons. The molecule has 0 spiro atoms. The van der Waals surface area contributed by atoms with E-state index in [1.165, 1.54) is 0 Å². The number of nitrogens with zero attached hydrogens (tertiary/aromatic N) is 1. The lowest BCUT2D eigenvalue weighted by Crippen LogP contribution is -2.48. The van der Waals surface area contributed by atoms with Crippen molar-refractivity contribution in [1.82, 2.24) is 4.90 Å². The number of amides is 1. The van der Waals surface area contributed by atoms with Gasteiger partial charge in [-0.25, -0.2) is 0 Å². The SMILES string of the molecule is CC(C(=O)Nc1ccc(N)cc1)N(C)C(C)C(C)(C)C. The van der Waals surface area contributed by atoms with Gasteiger partial charge in [-0.2, -0.15) is 0 Å². The van der Waals surface area contributed by atoms with Gasteiger partial charge in [-0.15, -0.1) is 0 Å². The molecule has 0 aliphatic rings. The van der Waals surface area contributed by atoms with Crippen molar-refractivity contribution >= 4 is 17.3 Å². The van der Waals surface area contributed by atoms with Crippen LogP contribution in [-0.2, 0) is 4.79 Å². The fraction of sp³-hybridized carbons (Fsp3) is 0.562. The van der Waals surface area contributed by atoms with Crippen LogP contribution in [0, 0.1) is 5.41 Å². The molecule has 0 saturated heterocycles. The highest BCUT2D eigenvalue weighted by Crippen LogP contribution is 2.24. The Morgan fingerprint density at radius 1 is 1.20 bits per heavy atom. The lowest BCUT2D eigenvalue weighted by atomic mass is 9.86. The number of nitrogens with two attached hydrogens (primary N) is 1. The van der Waals surface area contributed by atoms with Gasteiger partial charge in [0.2, 0.25) is 5.91 Å². The second kappa shape index (κ2) is 6.27. The highest BCUT2D eigenvalue weighted by molar-refractivity contribution is 5.94. The highest BCUT2D eigenvalue weighted by atomic mass is 16.2. The van der Waals surface area contributed by atoms with Crippen molar-refractivity contribution in [2.45, 2.75) is 46.7 Å². The van der Waals surface area contributed by atoms with Crippen LogP contribution in [0.3, 0.4) is 0 Å². The first-order valence-electron chi connectivity index (χ1n) is 7.01. The third-order valence-electron chi connectivity index (χ3n) is 4.03. The van der Waals surface area contributed by atoms with E-state index in [-0.39, 0.29) is 17.4 Å². The molecule has 0 bridgehead atoms. The van der Waals surface area contributed by atoms with Crippen molar-refractivity contribution in [3.63, 3.8) is 0 Å². The summed E-state index contributed by atoms with van der Waals surface area (Å²) in [6.45, 7) is 10.6. The Balaban J connectivity index is 2.69. The fourth-order valence-corrected chi connectivity index (χ4v) is 1.94. The molecule has 0 heterocycles. The zero-order valence-corrected chi connectivity index (χ0v) is 13.4. The minimum atomic E-state index is -0.193. The second-order valence-electron chi connectivity index (χ2n) is 6.49. The summed E-state index contributed by atoms with van der Waals surface area (Å²) in [7, 11) is 1.99. The highest BCUT2D eigenvalue weighted by Gasteiger charge is 2.29. The Hall–Kier alpha value is -1.55. The zero-order valence-electron chi connectivity index (χ0n) is 13.4. The van der Waals surface area contributed by atoms with Crippen LogP contribution in [0.15, 0.2) is 24.3 Å². The first kappa shape index (κ1) is 16.5. The van der Waals surface area contributed by atoms with Gasteiger partial charge in [0, 0.05) is 17.4 Å². The maximum absolute atomic E-state index is 12.3. The van der Waals surface area contributed by atoms with Crippen LogP contribution < -0.4 is 11.1 Å². The van der Waals surface area contributed by atoms with E-state index in [0.717, 1.165) is 5.69 Å². The van der Waals surface area contributed by atoms with Gasteiger partial charge in [0.05, 0.1) is 6.04 Å². The molecule has 1 aromatic rings. The predicted octanol–water partition coefficient (Wildman–Crippen LogP) is 2.96. The van der Waals surface area contributed by atoms with E-state index in [0.29, 0.717) is 11.7 Å². The van der Waals surface area contributed by atoms with Crippen molar-refractivity contribution in [2.75, 3.05) is 18.1 Å². The van der Waals surface area contributed by atoms with E-state index in [9.17, 15) is 4.79 Å². The Kier molecular flexibility index (Phi) is 5.17.